The lowest BCUT2D eigenvalue weighted by Crippen LogP contribution is -2.48. The molecule has 1 rings (SSSR count). The maximum absolute atomic E-state index is 11.9. The van der Waals surface area contributed by atoms with Crippen LogP contribution in [0.25, 0.3) is 0 Å². The van der Waals surface area contributed by atoms with Crippen LogP contribution in [0.2, 0.25) is 0 Å². The van der Waals surface area contributed by atoms with E-state index < -0.39 is 6.03 Å². The summed E-state index contributed by atoms with van der Waals surface area (Å²) in [6, 6.07) is -0.125. The molecular formula is C14H26N4O2. The molecule has 6 nitrogen and oxygen atoms in total. The Bertz CT molecular complexity index is 346. The zero-order chi connectivity index (χ0) is 15.0. The van der Waals surface area contributed by atoms with E-state index in [1.54, 1.807) is 6.08 Å². The second-order valence-electron chi connectivity index (χ2n) is 5.10. The predicted octanol–water partition coefficient (Wildman–Crippen LogP) is 0.448. The van der Waals surface area contributed by atoms with Gasteiger partial charge in [0.2, 0.25) is 5.91 Å². The van der Waals surface area contributed by atoms with Crippen molar-refractivity contribution in [3.63, 3.8) is 0 Å². The number of amides is 3. The van der Waals surface area contributed by atoms with Gasteiger partial charge in [-0.25, -0.2) is 4.79 Å². The maximum Gasteiger partial charge on any atom is 0.321 e. The van der Waals surface area contributed by atoms with Crippen LogP contribution in [0.15, 0.2) is 12.7 Å². The quantitative estimate of drug-likeness (QED) is 0.592. The molecule has 0 aromatic carbocycles. The lowest BCUT2D eigenvalue weighted by molar-refractivity contribution is -0.121. The Kier molecular flexibility index (Phi) is 7.25. The molecule has 3 amide bonds. The van der Waals surface area contributed by atoms with Gasteiger partial charge in [-0.2, -0.15) is 0 Å². The van der Waals surface area contributed by atoms with E-state index in [9.17, 15) is 9.59 Å². The number of nitrogens with zero attached hydrogens (tertiary/aromatic N) is 1. The smallest absolute Gasteiger partial charge is 0.321 e. The van der Waals surface area contributed by atoms with E-state index in [0.29, 0.717) is 25.0 Å². The van der Waals surface area contributed by atoms with Crippen LogP contribution >= 0.6 is 0 Å². The molecular weight excluding hydrogens is 256 g/mol. The van der Waals surface area contributed by atoms with Gasteiger partial charge in [-0.05, 0) is 31.8 Å². The number of carbonyl (C=O) groups excluding carboxylic acids is 2. The summed E-state index contributed by atoms with van der Waals surface area (Å²) < 4.78 is 0. The molecule has 1 fully saturated rings. The van der Waals surface area contributed by atoms with Crippen LogP contribution < -0.4 is 16.4 Å². The minimum absolute atomic E-state index is 0.235. The average Bonchev–Trinajstić information content (AvgIpc) is 2.90. The van der Waals surface area contributed by atoms with Gasteiger partial charge in [0.1, 0.15) is 0 Å². The minimum atomic E-state index is -0.479. The normalized spacial score (nSPS) is 21.8. The minimum Gasteiger partial charge on any atom is -0.334 e. The lowest BCUT2D eigenvalue weighted by atomic mass is 10.0. The molecule has 0 saturated heterocycles. The Balaban J connectivity index is 2.45. The number of nitrogens with two attached hydrogens (primary N) is 1. The first-order valence-corrected chi connectivity index (χ1v) is 7.25. The Hall–Kier alpha value is -1.40. The number of nitrogens with one attached hydrogen (secondary N) is 2. The zero-order valence-electron chi connectivity index (χ0n) is 12.2. The summed E-state index contributed by atoms with van der Waals surface area (Å²) in [6.45, 7) is 7.53. The second-order valence-corrected chi connectivity index (χ2v) is 5.10. The summed E-state index contributed by atoms with van der Waals surface area (Å²) in [5.41, 5.74) is 5.78. The fourth-order valence-corrected chi connectivity index (χ4v) is 2.80. The molecule has 0 bridgehead atoms. The lowest BCUT2D eigenvalue weighted by Gasteiger charge is -2.31. The standard InChI is InChI=1S/C14H26N4O2/c1-3-8-16-14(20)17-13(19)10-18(4-2)12-7-5-6-11(12)9-15/h3,11-12H,1,4-10,15H2,2H3,(H2,16,17,19,20). The van der Waals surface area contributed by atoms with Crippen LogP contribution in [0.3, 0.4) is 0 Å². The highest BCUT2D eigenvalue weighted by Crippen LogP contribution is 2.28. The topological polar surface area (TPSA) is 87.5 Å². The number of hydrogen-bond donors (Lipinski definition) is 3. The molecule has 0 aliphatic heterocycles. The van der Waals surface area contributed by atoms with Crippen molar-refractivity contribution in [1.29, 1.82) is 0 Å². The molecule has 6 heteroatoms. The summed E-state index contributed by atoms with van der Waals surface area (Å²) in [5.74, 6) is 0.174. The van der Waals surface area contributed by atoms with Crippen molar-refractivity contribution in [2.24, 2.45) is 11.7 Å². The summed E-state index contributed by atoms with van der Waals surface area (Å²) in [5, 5.41) is 4.84. The fraction of sp³-hybridized carbons (Fsp3) is 0.714. The van der Waals surface area contributed by atoms with Crippen LogP contribution in [0.1, 0.15) is 26.2 Å². The Morgan fingerprint density at radius 2 is 2.20 bits per heavy atom. The Morgan fingerprint density at radius 1 is 1.45 bits per heavy atom. The third kappa shape index (κ3) is 4.94. The monoisotopic (exact) mass is 282 g/mol. The first kappa shape index (κ1) is 16.7. The van der Waals surface area contributed by atoms with Crippen molar-refractivity contribution < 1.29 is 9.59 Å². The van der Waals surface area contributed by atoms with Gasteiger partial charge in [0, 0.05) is 12.6 Å². The van der Waals surface area contributed by atoms with Crippen LogP contribution in [-0.4, -0.2) is 49.1 Å². The summed E-state index contributed by atoms with van der Waals surface area (Å²) in [7, 11) is 0. The molecule has 0 aromatic rings. The summed E-state index contributed by atoms with van der Waals surface area (Å²) >= 11 is 0. The van der Waals surface area contributed by atoms with Crippen LogP contribution in [0, 0.1) is 5.92 Å². The molecule has 0 radical (unpaired) electrons. The number of hydrogen-bond acceptors (Lipinski definition) is 4. The van der Waals surface area contributed by atoms with E-state index in [4.69, 9.17) is 5.73 Å². The highest BCUT2D eigenvalue weighted by Gasteiger charge is 2.31. The number of carbonyl (C=O) groups is 2. The number of likely N-dealkylation sites (N-methyl/N-ethyl adjacent to an activating group) is 1. The molecule has 0 heterocycles. The van der Waals surface area contributed by atoms with Gasteiger partial charge < -0.3 is 11.1 Å². The van der Waals surface area contributed by atoms with Gasteiger partial charge in [-0.3, -0.25) is 15.0 Å². The molecule has 2 atom stereocenters. The molecule has 2 unspecified atom stereocenters. The molecule has 0 spiro atoms. The summed E-state index contributed by atoms with van der Waals surface area (Å²) in [6.07, 6.45) is 4.92. The van der Waals surface area contributed by atoms with Gasteiger partial charge in [0.25, 0.3) is 0 Å². The highest BCUT2D eigenvalue weighted by molar-refractivity contribution is 5.95. The first-order valence-electron chi connectivity index (χ1n) is 7.25. The third-order valence-electron chi connectivity index (χ3n) is 3.80. The van der Waals surface area contributed by atoms with Crippen molar-refractivity contribution in [2.45, 2.75) is 32.2 Å². The van der Waals surface area contributed by atoms with Crippen molar-refractivity contribution >= 4 is 11.9 Å². The Labute approximate surface area is 120 Å². The highest BCUT2D eigenvalue weighted by atomic mass is 16.2. The number of imide groups is 1. The van der Waals surface area contributed by atoms with E-state index >= 15 is 0 Å². The van der Waals surface area contributed by atoms with E-state index in [1.807, 2.05) is 6.92 Å². The molecule has 1 aliphatic rings. The van der Waals surface area contributed by atoms with Gasteiger partial charge in [0.15, 0.2) is 0 Å². The predicted molar refractivity (Wildman–Crippen MR) is 79.2 cm³/mol. The van der Waals surface area contributed by atoms with Crippen LogP contribution in [0.4, 0.5) is 4.79 Å². The fourth-order valence-electron chi connectivity index (χ4n) is 2.80. The maximum atomic E-state index is 11.9. The average molecular weight is 282 g/mol. The van der Waals surface area contributed by atoms with E-state index in [0.717, 1.165) is 25.8 Å². The van der Waals surface area contributed by atoms with Crippen molar-refractivity contribution in [3.05, 3.63) is 12.7 Å². The van der Waals surface area contributed by atoms with Gasteiger partial charge in [-0.15, -0.1) is 6.58 Å². The summed E-state index contributed by atoms with van der Waals surface area (Å²) in [4.78, 5) is 25.4. The van der Waals surface area contributed by atoms with Crippen LogP contribution in [-0.2, 0) is 4.79 Å². The molecule has 114 valence electrons. The SMILES string of the molecule is C=CCNC(=O)NC(=O)CN(CC)C1CCCC1CN. The number of urea groups is 1. The third-order valence-corrected chi connectivity index (χ3v) is 3.80. The Morgan fingerprint density at radius 3 is 2.80 bits per heavy atom. The molecule has 0 aromatic heterocycles. The molecule has 1 saturated carbocycles. The molecule has 4 N–H and O–H groups in total. The van der Waals surface area contributed by atoms with E-state index in [1.165, 1.54) is 0 Å². The van der Waals surface area contributed by atoms with Gasteiger partial charge in [0.05, 0.1) is 6.54 Å². The van der Waals surface area contributed by atoms with Gasteiger partial charge in [-0.1, -0.05) is 19.4 Å². The largest absolute Gasteiger partial charge is 0.334 e. The van der Waals surface area contributed by atoms with Crippen molar-refractivity contribution in [2.75, 3.05) is 26.2 Å². The van der Waals surface area contributed by atoms with Crippen molar-refractivity contribution in [1.82, 2.24) is 15.5 Å². The van der Waals surface area contributed by atoms with E-state index in [2.05, 4.69) is 22.1 Å². The number of rotatable bonds is 7. The van der Waals surface area contributed by atoms with Crippen molar-refractivity contribution in [3.8, 4) is 0 Å². The van der Waals surface area contributed by atoms with Gasteiger partial charge >= 0.3 is 6.03 Å². The van der Waals surface area contributed by atoms with Crippen LogP contribution in [0.5, 0.6) is 0 Å². The first-order chi connectivity index (χ1) is 9.62. The second kappa shape index (κ2) is 8.71. The molecule has 20 heavy (non-hydrogen) atoms. The zero-order valence-corrected chi connectivity index (χ0v) is 12.2. The molecule has 1 aliphatic carbocycles. The van der Waals surface area contributed by atoms with E-state index in [-0.39, 0.29) is 12.5 Å².